The lowest BCUT2D eigenvalue weighted by Gasteiger charge is -2.15. The Morgan fingerprint density at radius 2 is 1.89 bits per heavy atom. The molecule has 0 saturated heterocycles. The van der Waals surface area contributed by atoms with E-state index >= 15 is 0 Å². The molecule has 2 N–H and O–H groups in total. The lowest BCUT2D eigenvalue weighted by Crippen LogP contribution is -2.19. The van der Waals surface area contributed by atoms with Crippen molar-refractivity contribution in [3.8, 4) is 5.75 Å². The first-order chi connectivity index (χ1) is 9.08. The van der Waals surface area contributed by atoms with E-state index in [0.29, 0.717) is 12.1 Å². The van der Waals surface area contributed by atoms with Gasteiger partial charge in [-0.25, -0.2) is 8.78 Å². The van der Waals surface area contributed by atoms with Crippen LogP contribution < -0.4 is 5.32 Å². The van der Waals surface area contributed by atoms with E-state index in [0.717, 1.165) is 11.6 Å². The number of benzene rings is 2. The van der Waals surface area contributed by atoms with Crippen LogP contribution in [0.4, 0.5) is 8.78 Å². The number of para-hydroxylation sites is 1. The van der Waals surface area contributed by atoms with Gasteiger partial charge in [0.15, 0.2) is 0 Å². The van der Waals surface area contributed by atoms with E-state index in [1.165, 1.54) is 12.1 Å². The number of hydrogen-bond donors (Lipinski definition) is 2. The maximum atomic E-state index is 13.6. The Bertz CT molecular complexity index is 572. The van der Waals surface area contributed by atoms with Crippen molar-refractivity contribution in [3.63, 3.8) is 0 Å². The highest BCUT2D eigenvalue weighted by Crippen LogP contribution is 2.20. The molecule has 0 aliphatic carbocycles. The third-order valence-electron chi connectivity index (χ3n) is 3.02. The van der Waals surface area contributed by atoms with Gasteiger partial charge < -0.3 is 10.4 Å². The Labute approximate surface area is 110 Å². The molecule has 0 fully saturated rings. The molecule has 0 aromatic heterocycles. The largest absolute Gasteiger partial charge is 0.508 e. The molecular formula is C15H15F2NO. The smallest absolute Gasteiger partial charge is 0.130 e. The quantitative estimate of drug-likeness (QED) is 0.884. The van der Waals surface area contributed by atoms with E-state index in [2.05, 4.69) is 5.32 Å². The van der Waals surface area contributed by atoms with Crippen LogP contribution in [-0.4, -0.2) is 5.11 Å². The lowest BCUT2D eigenvalue weighted by molar-refractivity contribution is 0.458. The summed E-state index contributed by atoms with van der Waals surface area (Å²) in [6.45, 7) is 2.20. The number of halogens is 2. The molecule has 0 spiro atoms. The summed E-state index contributed by atoms with van der Waals surface area (Å²) < 4.78 is 26.4. The Kier molecular flexibility index (Phi) is 4.12. The molecule has 4 heteroatoms. The maximum absolute atomic E-state index is 13.6. The van der Waals surface area contributed by atoms with Crippen LogP contribution in [0.25, 0.3) is 0 Å². The van der Waals surface area contributed by atoms with Gasteiger partial charge in [0, 0.05) is 29.8 Å². The second-order valence-electron chi connectivity index (χ2n) is 4.40. The van der Waals surface area contributed by atoms with Gasteiger partial charge in [-0.2, -0.15) is 0 Å². The van der Waals surface area contributed by atoms with Gasteiger partial charge in [0.2, 0.25) is 0 Å². The standard InChI is InChI=1S/C15H15F2NO/c1-10(13-7-6-12(16)8-14(13)17)18-9-11-4-2-3-5-15(11)19/h2-8,10,18-19H,9H2,1H3. The van der Waals surface area contributed by atoms with Gasteiger partial charge in [-0.1, -0.05) is 24.3 Å². The molecule has 2 nitrogen and oxygen atoms in total. The van der Waals surface area contributed by atoms with Crippen molar-refractivity contribution in [2.75, 3.05) is 0 Å². The fraction of sp³-hybridized carbons (Fsp3) is 0.200. The molecule has 2 aromatic carbocycles. The molecule has 0 aliphatic heterocycles. The van der Waals surface area contributed by atoms with E-state index in [1.807, 2.05) is 6.07 Å². The monoisotopic (exact) mass is 263 g/mol. The SMILES string of the molecule is CC(NCc1ccccc1O)c1ccc(F)cc1F. The topological polar surface area (TPSA) is 32.3 Å². The molecule has 2 rings (SSSR count). The summed E-state index contributed by atoms with van der Waals surface area (Å²) in [5.41, 5.74) is 1.13. The molecule has 1 atom stereocenters. The average molecular weight is 263 g/mol. The zero-order chi connectivity index (χ0) is 13.8. The van der Waals surface area contributed by atoms with Crippen molar-refractivity contribution in [3.05, 3.63) is 65.2 Å². The first-order valence-electron chi connectivity index (χ1n) is 6.03. The van der Waals surface area contributed by atoms with Gasteiger partial charge in [0.25, 0.3) is 0 Å². The number of aromatic hydroxyl groups is 1. The van der Waals surface area contributed by atoms with Gasteiger partial charge in [-0.05, 0) is 19.1 Å². The van der Waals surface area contributed by atoms with Crippen LogP contribution in [-0.2, 0) is 6.54 Å². The zero-order valence-electron chi connectivity index (χ0n) is 10.5. The van der Waals surface area contributed by atoms with Crippen molar-refractivity contribution in [2.24, 2.45) is 0 Å². The molecular weight excluding hydrogens is 248 g/mol. The van der Waals surface area contributed by atoms with E-state index in [9.17, 15) is 13.9 Å². The third-order valence-corrected chi connectivity index (χ3v) is 3.02. The highest BCUT2D eigenvalue weighted by atomic mass is 19.1. The van der Waals surface area contributed by atoms with Crippen molar-refractivity contribution in [1.29, 1.82) is 0 Å². The van der Waals surface area contributed by atoms with Crippen LogP contribution in [0.5, 0.6) is 5.75 Å². The first-order valence-corrected chi connectivity index (χ1v) is 6.03. The maximum Gasteiger partial charge on any atom is 0.130 e. The van der Waals surface area contributed by atoms with Crippen molar-refractivity contribution < 1.29 is 13.9 Å². The van der Waals surface area contributed by atoms with Gasteiger partial charge in [0.1, 0.15) is 17.4 Å². The second-order valence-corrected chi connectivity index (χ2v) is 4.40. The molecule has 2 aromatic rings. The summed E-state index contributed by atoms with van der Waals surface area (Å²) in [5.74, 6) is -0.965. The summed E-state index contributed by atoms with van der Waals surface area (Å²) in [6, 6.07) is 10.2. The summed E-state index contributed by atoms with van der Waals surface area (Å²) in [7, 11) is 0. The summed E-state index contributed by atoms with van der Waals surface area (Å²) in [5, 5.41) is 12.7. The number of hydrogen-bond acceptors (Lipinski definition) is 2. The Morgan fingerprint density at radius 3 is 2.58 bits per heavy atom. The minimum Gasteiger partial charge on any atom is -0.508 e. The zero-order valence-corrected chi connectivity index (χ0v) is 10.5. The minimum absolute atomic E-state index is 0.196. The van der Waals surface area contributed by atoms with E-state index in [4.69, 9.17) is 0 Å². The van der Waals surface area contributed by atoms with Gasteiger partial charge in [-0.15, -0.1) is 0 Å². The van der Waals surface area contributed by atoms with Gasteiger partial charge in [0.05, 0.1) is 0 Å². The molecule has 0 radical (unpaired) electrons. The van der Waals surface area contributed by atoms with Crippen LogP contribution in [0.15, 0.2) is 42.5 Å². The molecule has 0 amide bonds. The highest BCUT2D eigenvalue weighted by Gasteiger charge is 2.11. The fourth-order valence-corrected chi connectivity index (χ4v) is 1.89. The Balaban J connectivity index is 2.05. The number of phenols is 1. The summed E-state index contributed by atoms with van der Waals surface area (Å²) >= 11 is 0. The van der Waals surface area contributed by atoms with Gasteiger partial charge >= 0.3 is 0 Å². The lowest BCUT2D eigenvalue weighted by atomic mass is 10.1. The van der Waals surface area contributed by atoms with Crippen LogP contribution in [0, 0.1) is 11.6 Å². The molecule has 0 bridgehead atoms. The number of nitrogens with one attached hydrogen (secondary N) is 1. The summed E-state index contributed by atoms with van der Waals surface area (Å²) in [4.78, 5) is 0. The molecule has 0 saturated carbocycles. The minimum atomic E-state index is -0.589. The van der Waals surface area contributed by atoms with Crippen LogP contribution >= 0.6 is 0 Å². The number of phenolic OH excluding ortho intramolecular Hbond substituents is 1. The van der Waals surface area contributed by atoms with Crippen LogP contribution in [0.2, 0.25) is 0 Å². The van der Waals surface area contributed by atoms with Crippen molar-refractivity contribution in [2.45, 2.75) is 19.5 Å². The molecule has 1 unspecified atom stereocenters. The molecule has 0 aliphatic rings. The molecule has 19 heavy (non-hydrogen) atoms. The van der Waals surface area contributed by atoms with Crippen LogP contribution in [0.1, 0.15) is 24.1 Å². The number of rotatable bonds is 4. The predicted molar refractivity (Wildman–Crippen MR) is 69.7 cm³/mol. The second kappa shape index (κ2) is 5.80. The highest BCUT2D eigenvalue weighted by molar-refractivity contribution is 5.32. The first kappa shape index (κ1) is 13.5. The normalized spacial score (nSPS) is 12.4. The van der Waals surface area contributed by atoms with E-state index < -0.39 is 11.6 Å². The molecule has 100 valence electrons. The summed E-state index contributed by atoms with van der Waals surface area (Å²) in [6.07, 6.45) is 0. The third kappa shape index (κ3) is 3.29. The van der Waals surface area contributed by atoms with Crippen molar-refractivity contribution in [1.82, 2.24) is 5.32 Å². The fourth-order valence-electron chi connectivity index (χ4n) is 1.89. The molecule has 0 heterocycles. The Hall–Kier alpha value is -1.94. The van der Waals surface area contributed by atoms with Crippen molar-refractivity contribution >= 4 is 0 Å². The van der Waals surface area contributed by atoms with Gasteiger partial charge in [-0.3, -0.25) is 0 Å². The predicted octanol–water partition coefficient (Wildman–Crippen LogP) is 3.52. The average Bonchev–Trinajstić information content (AvgIpc) is 2.37. The Morgan fingerprint density at radius 1 is 1.16 bits per heavy atom. The van der Waals surface area contributed by atoms with Crippen LogP contribution in [0.3, 0.4) is 0 Å². The van der Waals surface area contributed by atoms with E-state index in [1.54, 1.807) is 25.1 Å². The van der Waals surface area contributed by atoms with E-state index in [-0.39, 0.29) is 11.8 Å².